The van der Waals surface area contributed by atoms with Crippen LogP contribution < -0.4 is 14.4 Å². The Morgan fingerprint density at radius 1 is 1.21 bits per heavy atom. The van der Waals surface area contributed by atoms with Gasteiger partial charge in [-0.3, -0.25) is 4.79 Å². The van der Waals surface area contributed by atoms with Gasteiger partial charge in [-0.1, -0.05) is 36.7 Å². The van der Waals surface area contributed by atoms with E-state index in [1.54, 1.807) is 20.2 Å². The lowest BCUT2D eigenvalue weighted by molar-refractivity contribution is 0.0131. The number of methoxy groups -OCH3 is 1. The number of aryl methyl sites for hydroxylation is 1. The first-order valence-electron chi connectivity index (χ1n) is 15.2. The predicted octanol–water partition coefficient (Wildman–Crippen LogP) is 6.19. The van der Waals surface area contributed by atoms with Crippen molar-refractivity contribution in [2.45, 2.75) is 57.0 Å². The number of nitrogens with one attached hydrogen (secondary N) is 1. The number of carbonyl (C=O) groups is 1. The van der Waals surface area contributed by atoms with Crippen molar-refractivity contribution in [3.8, 4) is 5.75 Å². The highest BCUT2D eigenvalue weighted by molar-refractivity contribution is 7.92. The van der Waals surface area contributed by atoms with Gasteiger partial charge in [0.05, 0.1) is 18.4 Å². The Hall–Kier alpha value is -2.39. The molecule has 1 spiro atoms. The second kappa shape index (κ2) is 11.9. The number of hydrogen-bond donors (Lipinski definition) is 1. The third-order valence-electron chi connectivity index (χ3n) is 9.83. The van der Waals surface area contributed by atoms with Crippen LogP contribution in [0.15, 0.2) is 52.9 Å². The molecule has 2 bridgehead atoms. The molecule has 1 N–H and O–H groups in total. The van der Waals surface area contributed by atoms with Gasteiger partial charge in [-0.25, -0.2) is 8.93 Å². The van der Waals surface area contributed by atoms with Gasteiger partial charge in [0, 0.05) is 42.0 Å². The van der Waals surface area contributed by atoms with Gasteiger partial charge in [-0.15, -0.1) is 4.36 Å². The Balaban J connectivity index is 1.45. The fourth-order valence-corrected chi connectivity index (χ4v) is 9.24. The lowest BCUT2D eigenvalue weighted by Gasteiger charge is -2.46. The summed E-state index contributed by atoms with van der Waals surface area (Å²) in [5.74, 6) is 1.54. The summed E-state index contributed by atoms with van der Waals surface area (Å²) in [6.07, 6.45) is 10.5. The number of carbonyl (C=O) groups excluding carboxylic acids is 1. The number of fused-ring (bicyclic) bond motifs is 4. The van der Waals surface area contributed by atoms with Crippen molar-refractivity contribution in [2.75, 3.05) is 44.5 Å². The van der Waals surface area contributed by atoms with Crippen LogP contribution in [0.25, 0.3) is 0 Å². The molecular formula is C33H42ClN3O4S. The summed E-state index contributed by atoms with van der Waals surface area (Å²) in [5, 5.41) is 0.768. The molecule has 1 saturated carbocycles. The van der Waals surface area contributed by atoms with Crippen molar-refractivity contribution in [3.63, 3.8) is 0 Å². The van der Waals surface area contributed by atoms with Gasteiger partial charge < -0.3 is 14.4 Å². The highest BCUT2D eigenvalue weighted by atomic mass is 35.5. The highest BCUT2D eigenvalue weighted by Crippen LogP contribution is 2.47. The van der Waals surface area contributed by atoms with Gasteiger partial charge in [0.15, 0.2) is 0 Å². The smallest absolute Gasteiger partial charge is 0.286 e. The molecule has 6 rings (SSSR count). The Morgan fingerprint density at radius 3 is 2.83 bits per heavy atom. The molecule has 0 saturated heterocycles. The van der Waals surface area contributed by atoms with Crippen LogP contribution in [-0.2, 0) is 26.5 Å². The molecule has 2 aromatic carbocycles. The fraction of sp³-hybridized carbons (Fsp3) is 0.545. The Kier molecular flexibility index (Phi) is 8.44. The normalized spacial score (nSPS) is 33.8. The summed E-state index contributed by atoms with van der Waals surface area (Å²) in [4.78, 5) is 15.9. The van der Waals surface area contributed by atoms with E-state index in [2.05, 4.69) is 38.3 Å². The Labute approximate surface area is 255 Å². The van der Waals surface area contributed by atoms with Gasteiger partial charge in [0.2, 0.25) is 0 Å². The Morgan fingerprint density at radius 2 is 2.07 bits per heavy atom. The zero-order valence-corrected chi connectivity index (χ0v) is 26.4. The lowest BCUT2D eigenvalue weighted by atomic mass is 9.68. The molecule has 2 aliphatic carbocycles. The van der Waals surface area contributed by atoms with Crippen LogP contribution >= 0.6 is 11.6 Å². The number of halogens is 1. The van der Waals surface area contributed by atoms with Crippen LogP contribution in [0.3, 0.4) is 0 Å². The number of hydrogen-bond acceptors (Lipinski definition) is 5. The summed E-state index contributed by atoms with van der Waals surface area (Å²) < 4.78 is 33.3. The maximum atomic E-state index is 13.6. The van der Waals surface area contributed by atoms with Crippen molar-refractivity contribution in [2.24, 2.45) is 22.1 Å². The summed E-state index contributed by atoms with van der Waals surface area (Å²) in [6, 6.07) is 11.8. The maximum absolute atomic E-state index is 13.6. The Bertz CT molecular complexity index is 1500. The quantitative estimate of drug-likeness (QED) is 0.410. The number of rotatable bonds is 2. The van der Waals surface area contributed by atoms with Gasteiger partial charge in [-0.05, 0) is 105 Å². The van der Waals surface area contributed by atoms with Crippen LogP contribution in [0.2, 0.25) is 5.02 Å². The summed E-state index contributed by atoms with van der Waals surface area (Å²) in [6.45, 7) is 4.23. The van der Waals surface area contributed by atoms with E-state index < -0.39 is 15.8 Å². The van der Waals surface area contributed by atoms with E-state index in [0.717, 1.165) is 68.1 Å². The summed E-state index contributed by atoms with van der Waals surface area (Å²) in [5.41, 5.74) is 3.75. The molecule has 7 nitrogen and oxygen atoms in total. The fourth-order valence-electron chi connectivity index (χ4n) is 7.43. The van der Waals surface area contributed by atoms with E-state index in [-0.39, 0.29) is 23.2 Å². The monoisotopic (exact) mass is 611 g/mol. The van der Waals surface area contributed by atoms with Crippen molar-refractivity contribution in [1.29, 1.82) is 0 Å². The average Bonchev–Trinajstić information content (AvgIpc) is 3.11. The average molecular weight is 612 g/mol. The molecule has 226 valence electrons. The summed E-state index contributed by atoms with van der Waals surface area (Å²) in [7, 11) is 0.480. The zero-order chi connectivity index (χ0) is 29.5. The molecule has 2 aliphatic heterocycles. The second-order valence-electron chi connectivity index (χ2n) is 12.7. The molecule has 6 atom stereocenters. The van der Waals surface area contributed by atoms with Crippen molar-refractivity contribution >= 4 is 33.1 Å². The van der Waals surface area contributed by atoms with E-state index in [4.69, 9.17) is 21.1 Å². The topological polar surface area (TPSA) is 80.2 Å². The first-order chi connectivity index (χ1) is 20.2. The number of amides is 1. The molecule has 9 heteroatoms. The van der Waals surface area contributed by atoms with E-state index in [0.29, 0.717) is 24.0 Å². The predicted molar refractivity (Wildman–Crippen MR) is 169 cm³/mol. The van der Waals surface area contributed by atoms with E-state index in [1.165, 1.54) is 11.1 Å². The molecule has 1 fully saturated rings. The second-order valence-corrected chi connectivity index (χ2v) is 15.3. The zero-order valence-electron chi connectivity index (χ0n) is 24.8. The molecule has 2 aromatic rings. The number of nitrogens with zero attached hydrogens (tertiary/aromatic N) is 2. The maximum Gasteiger partial charge on any atom is 0.286 e. The minimum Gasteiger partial charge on any atom is -0.490 e. The molecule has 4 aliphatic rings. The van der Waals surface area contributed by atoms with E-state index in [1.807, 2.05) is 25.1 Å². The molecule has 0 aromatic heterocycles. The molecule has 42 heavy (non-hydrogen) atoms. The minimum atomic E-state index is -2.93. The molecule has 1 unspecified atom stereocenters. The third-order valence-corrected chi connectivity index (χ3v) is 12.2. The van der Waals surface area contributed by atoms with Crippen molar-refractivity contribution < 1.29 is 18.5 Å². The highest BCUT2D eigenvalue weighted by Gasteiger charge is 2.44. The van der Waals surface area contributed by atoms with Crippen LogP contribution in [0.4, 0.5) is 5.69 Å². The number of ether oxygens (including phenoxy) is 2. The standard InChI is InChI=1S/C33H42ClN3O4S/c1-22-6-4-8-30(40-3)27-12-9-25(27)18-37-20-33(15-5-7-23-16-26(34)11-13-28(23)33)21-41-31-14-10-24(17-29(31)37)32(38)36-42(39,19-22)35-2/h4,8,10-11,13-14,16-17,22,25,27,30H,5-7,9,12,15,18-21H2,1-3H3,(H,35,36,38,39)/b8-4+/t22-,25-,27+,30-,33-,42?/m0/s1. The molecular weight excluding hydrogens is 570 g/mol. The first kappa shape index (κ1) is 29.7. The largest absolute Gasteiger partial charge is 0.490 e. The van der Waals surface area contributed by atoms with Crippen LogP contribution in [0.1, 0.15) is 60.5 Å². The molecule has 1 amide bonds. The van der Waals surface area contributed by atoms with Crippen LogP contribution in [0, 0.1) is 17.8 Å². The van der Waals surface area contributed by atoms with Gasteiger partial charge in [0.25, 0.3) is 5.91 Å². The van der Waals surface area contributed by atoms with Gasteiger partial charge in [-0.2, -0.15) is 0 Å². The van der Waals surface area contributed by atoms with E-state index in [9.17, 15) is 9.00 Å². The van der Waals surface area contributed by atoms with Crippen molar-refractivity contribution in [3.05, 3.63) is 70.3 Å². The lowest BCUT2D eigenvalue weighted by Crippen LogP contribution is -2.49. The first-order valence-corrected chi connectivity index (χ1v) is 17.3. The van der Waals surface area contributed by atoms with Crippen LogP contribution in [-0.4, -0.2) is 55.8 Å². The number of anilines is 1. The number of allylic oxidation sites excluding steroid dienone is 1. The van der Waals surface area contributed by atoms with Crippen molar-refractivity contribution in [1.82, 2.24) is 4.72 Å². The van der Waals surface area contributed by atoms with Crippen LogP contribution in [0.5, 0.6) is 5.75 Å². The number of benzene rings is 2. The molecule has 2 heterocycles. The SMILES string of the molecule is CNS1(=O)=NC(=O)c2ccc3c(c2)N(C[C@@H]2CC[C@H]2[C@@H](OC)/C=C/C[C@H](C)C1)C[C@@]1(CCCc2cc(Cl)ccc21)CO3. The van der Waals surface area contributed by atoms with Gasteiger partial charge >= 0.3 is 0 Å². The molecule has 0 radical (unpaired) electrons. The van der Waals surface area contributed by atoms with E-state index >= 15 is 0 Å². The summed E-state index contributed by atoms with van der Waals surface area (Å²) >= 11 is 6.42. The van der Waals surface area contributed by atoms with Gasteiger partial charge in [0.1, 0.15) is 15.7 Å². The minimum absolute atomic E-state index is 0.0318. The third kappa shape index (κ3) is 5.75.